The summed E-state index contributed by atoms with van der Waals surface area (Å²) in [5.41, 5.74) is 1.17. The predicted molar refractivity (Wildman–Crippen MR) is 73.8 cm³/mol. The van der Waals surface area contributed by atoms with Gasteiger partial charge < -0.3 is 0 Å². The number of halogens is 3. The molecular weight excluding hydrogens is 337 g/mol. The molecule has 1 aliphatic heterocycles. The summed E-state index contributed by atoms with van der Waals surface area (Å²) in [5, 5.41) is 18.9. The van der Waals surface area contributed by atoms with Crippen LogP contribution in [-0.2, 0) is 0 Å². The first-order chi connectivity index (χ1) is 8.52. The molecule has 0 N–H and O–H groups in total. The van der Waals surface area contributed by atoms with Crippen LogP contribution in [0.25, 0.3) is 0 Å². The van der Waals surface area contributed by atoms with Gasteiger partial charge in [-0.2, -0.15) is 10.5 Å². The molecule has 18 heavy (non-hydrogen) atoms. The van der Waals surface area contributed by atoms with E-state index in [0.29, 0.717) is 16.3 Å². The van der Waals surface area contributed by atoms with Crippen LogP contribution < -0.4 is 0 Å². The molecule has 0 fully saturated rings. The molecule has 1 aromatic rings. The standard InChI is InChI=1S/C12H4BrCl2N3/c13-12(6-17)9(5-16)11(15)18-10(12)7-1-3-8(14)4-2-7/h1-4H. The van der Waals surface area contributed by atoms with E-state index in [9.17, 15) is 5.26 Å². The van der Waals surface area contributed by atoms with Crippen molar-refractivity contribution >= 4 is 44.8 Å². The maximum Gasteiger partial charge on any atom is 0.192 e. The zero-order valence-corrected chi connectivity index (χ0v) is 11.9. The van der Waals surface area contributed by atoms with Crippen LogP contribution in [0.4, 0.5) is 0 Å². The van der Waals surface area contributed by atoms with Gasteiger partial charge in [0, 0.05) is 5.02 Å². The molecule has 0 bridgehead atoms. The number of hydrogen-bond acceptors (Lipinski definition) is 3. The van der Waals surface area contributed by atoms with E-state index in [1.807, 2.05) is 12.1 Å². The van der Waals surface area contributed by atoms with Crippen molar-refractivity contribution in [2.45, 2.75) is 4.32 Å². The summed E-state index contributed by atoms with van der Waals surface area (Å²) in [5.74, 6) is 0. The summed E-state index contributed by atoms with van der Waals surface area (Å²) in [4.78, 5) is 4.09. The highest BCUT2D eigenvalue weighted by atomic mass is 79.9. The smallest absolute Gasteiger partial charge is 0.192 e. The predicted octanol–water partition coefficient (Wildman–Crippen LogP) is 3.77. The van der Waals surface area contributed by atoms with Gasteiger partial charge in [0.15, 0.2) is 4.32 Å². The fourth-order valence-corrected chi connectivity index (χ4v) is 2.70. The molecule has 1 atom stereocenters. The van der Waals surface area contributed by atoms with E-state index in [-0.39, 0.29) is 10.7 Å². The van der Waals surface area contributed by atoms with Gasteiger partial charge in [0.05, 0.1) is 11.8 Å². The fraction of sp³-hybridized carbons (Fsp3) is 0.0833. The molecule has 1 aromatic carbocycles. The minimum Gasteiger partial charge on any atom is -0.236 e. The molecule has 0 saturated heterocycles. The van der Waals surface area contributed by atoms with Crippen LogP contribution in [0.1, 0.15) is 5.56 Å². The number of benzene rings is 1. The lowest BCUT2D eigenvalue weighted by atomic mass is 9.93. The van der Waals surface area contributed by atoms with Crippen LogP contribution in [0.15, 0.2) is 40.0 Å². The third-order valence-corrected chi connectivity index (χ3v) is 3.95. The van der Waals surface area contributed by atoms with E-state index in [2.05, 4.69) is 20.9 Å². The topological polar surface area (TPSA) is 59.9 Å². The first-order valence-electron chi connectivity index (χ1n) is 4.78. The Bertz CT molecular complexity index is 649. The van der Waals surface area contributed by atoms with Crippen LogP contribution in [-0.4, -0.2) is 10.0 Å². The number of allylic oxidation sites excluding steroid dienone is 1. The van der Waals surface area contributed by atoms with E-state index in [0.717, 1.165) is 0 Å². The van der Waals surface area contributed by atoms with Gasteiger partial charge in [-0.3, -0.25) is 0 Å². The maximum atomic E-state index is 9.28. The lowest BCUT2D eigenvalue weighted by molar-refractivity contribution is 1.19. The number of nitrogens with zero attached hydrogens (tertiary/aromatic N) is 3. The zero-order chi connectivity index (χ0) is 13.3. The molecule has 3 nitrogen and oxygen atoms in total. The lowest BCUT2D eigenvalue weighted by Crippen LogP contribution is -2.30. The Labute approximate surface area is 122 Å². The molecule has 1 unspecified atom stereocenters. The van der Waals surface area contributed by atoms with Crippen molar-refractivity contribution in [3.63, 3.8) is 0 Å². The quantitative estimate of drug-likeness (QED) is 0.577. The molecule has 0 spiro atoms. The van der Waals surface area contributed by atoms with Crippen LogP contribution in [0, 0.1) is 22.7 Å². The summed E-state index contributed by atoms with van der Waals surface area (Å²) in [6, 6.07) is 10.7. The largest absolute Gasteiger partial charge is 0.236 e. The van der Waals surface area contributed by atoms with Gasteiger partial charge in [-0.05, 0) is 17.7 Å². The normalized spacial score (nSPS) is 22.4. The van der Waals surface area contributed by atoms with Crippen molar-refractivity contribution in [2.75, 3.05) is 0 Å². The Morgan fingerprint density at radius 3 is 2.28 bits per heavy atom. The molecule has 0 aromatic heterocycles. The molecular formula is C12H4BrCl2N3. The molecule has 2 rings (SSSR count). The third kappa shape index (κ3) is 1.93. The molecule has 0 aliphatic carbocycles. The van der Waals surface area contributed by atoms with E-state index >= 15 is 0 Å². The molecule has 88 valence electrons. The average molecular weight is 341 g/mol. The number of aliphatic imine (C=N–C) groups is 1. The highest BCUT2D eigenvalue weighted by Crippen LogP contribution is 2.40. The van der Waals surface area contributed by atoms with Gasteiger partial charge in [-0.15, -0.1) is 0 Å². The van der Waals surface area contributed by atoms with Crippen LogP contribution in [0.5, 0.6) is 0 Å². The second kappa shape index (κ2) is 4.74. The monoisotopic (exact) mass is 339 g/mol. The fourth-order valence-electron chi connectivity index (χ4n) is 1.59. The summed E-state index contributed by atoms with van der Waals surface area (Å²) < 4.78 is -1.30. The Kier molecular flexibility index (Phi) is 3.45. The van der Waals surface area contributed by atoms with Gasteiger partial charge >= 0.3 is 0 Å². The van der Waals surface area contributed by atoms with E-state index in [1.54, 1.807) is 24.3 Å². The first kappa shape index (κ1) is 13.1. The third-order valence-electron chi connectivity index (χ3n) is 2.47. The van der Waals surface area contributed by atoms with Crippen molar-refractivity contribution in [1.29, 1.82) is 10.5 Å². The second-order valence-electron chi connectivity index (χ2n) is 3.52. The lowest BCUT2D eigenvalue weighted by Gasteiger charge is -2.15. The Hall–Kier alpha value is -1.33. The summed E-state index contributed by atoms with van der Waals surface area (Å²) in [6.07, 6.45) is 0. The van der Waals surface area contributed by atoms with Crippen LogP contribution in [0.3, 0.4) is 0 Å². The van der Waals surface area contributed by atoms with Crippen molar-refractivity contribution in [3.05, 3.63) is 45.6 Å². The number of nitriles is 2. The number of rotatable bonds is 1. The summed E-state index contributed by atoms with van der Waals surface area (Å²) in [7, 11) is 0. The summed E-state index contributed by atoms with van der Waals surface area (Å²) >= 11 is 14.9. The highest BCUT2D eigenvalue weighted by Gasteiger charge is 2.44. The van der Waals surface area contributed by atoms with Crippen LogP contribution >= 0.6 is 39.1 Å². The zero-order valence-electron chi connectivity index (χ0n) is 8.78. The minimum atomic E-state index is -1.30. The van der Waals surface area contributed by atoms with E-state index < -0.39 is 4.32 Å². The minimum absolute atomic E-state index is 0.0286. The SMILES string of the molecule is N#CC1=C(Cl)N=C(c2ccc(Cl)cc2)C1(Br)C#N. The molecule has 1 aliphatic rings. The Morgan fingerprint density at radius 1 is 1.17 bits per heavy atom. The second-order valence-corrected chi connectivity index (χ2v) is 5.50. The Morgan fingerprint density at radius 2 is 1.78 bits per heavy atom. The molecule has 6 heteroatoms. The maximum absolute atomic E-state index is 9.28. The highest BCUT2D eigenvalue weighted by molar-refractivity contribution is 9.10. The van der Waals surface area contributed by atoms with Crippen molar-refractivity contribution in [1.82, 2.24) is 0 Å². The molecule has 1 heterocycles. The summed E-state index contributed by atoms with van der Waals surface area (Å²) in [6.45, 7) is 0. The van der Waals surface area contributed by atoms with Crippen LogP contribution in [0.2, 0.25) is 5.02 Å². The van der Waals surface area contributed by atoms with Crippen molar-refractivity contribution in [2.24, 2.45) is 4.99 Å². The van der Waals surface area contributed by atoms with Gasteiger partial charge in [0.25, 0.3) is 0 Å². The number of alkyl halides is 1. The molecule has 0 radical (unpaired) electrons. The Balaban J connectivity index is 2.56. The van der Waals surface area contributed by atoms with Gasteiger partial charge in [-0.1, -0.05) is 51.3 Å². The van der Waals surface area contributed by atoms with Gasteiger partial charge in [-0.25, -0.2) is 4.99 Å². The molecule has 0 amide bonds. The first-order valence-corrected chi connectivity index (χ1v) is 6.33. The van der Waals surface area contributed by atoms with Crippen molar-refractivity contribution in [3.8, 4) is 12.1 Å². The van der Waals surface area contributed by atoms with Crippen molar-refractivity contribution < 1.29 is 0 Å². The van der Waals surface area contributed by atoms with Gasteiger partial charge in [0.1, 0.15) is 16.8 Å². The van der Waals surface area contributed by atoms with E-state index in [4.69, 9.17) is 28.5 Å². The average Bonchev–Trinajstić information content (AvgIpc) is 2.62. The van der Waals surface area contributed by atoms with Gasteiger partial charge in [0.2, 0.25) is 0 Å². The van der Waals surface area contributed by atoms with E-state index in [1.165, 1.54) is 0 Å². The molecule has 0 saturated carbocycles. The number of hydrogen-bond donors (Lipinski definition) is 0.